The van der Waals surface area contributed by atoms with Crippen LogP contribution >= 0.6 is 11.5 Å². The van der Waals surface area contributed by atoms with E-state index >= 15 is 0 Å². The molecule has 2 rings (SSSR count). The molecule has 0 bridgehead atoms. The predicted octanol–water partition coefficient (Wildman–Crippen LogP) is 2.93. The molecule has 1 aliphatic heterocycles. The van der Waals surface area contributed by atoms with Crippen molar-refractivity contribution in [1.82, 2.24) is 4.37 Å². The second-order valence-corrected chi connectivity index (χ2v) is 9.32. The Hall–Kier alpha value is -0.820. The molecule has 120 valence electrons. The van der Waals surface area contributed by atoms with Gasteiger partial charge in [0.1, 0.15) is 9.90 Å². The molecule has 0 aliphatic carbocycles. The first-order valence-corrected chi connectivity index (χ1v) is 9.92. The molecule has 0 atom stereocenters. The summed E-state index contributed by atoms with van der Waals surface area (Å²) in [7, 11) is -3.34. The monoisotopic (exact) mass is 331 g/mol. The minimum absolute atomic E-state index is 0.127. The van der Waals surface area contributed by atoms with Gasteiger partial charge in [0.25, 0.3) is 0 Å². The van der Waals surface area contributed by atoms with Crippen LogP contribution in [0.2, 0.25) is 0 Å². The quantitative estimate of drug-likeness (QED) is 0.918. The van der Waals surface area contributed by atoms with Crippen molar-refractivity contribution in [1.29, 1.82) is 0 Å². The van der Waals surface area contributed by atoms with Crippen molar-refractivity contribution in [3.63, 3.8) is 0 Å². The highest BCUT2D eigenvalue weighted by molar-refractivity contribution is 7.91. The highest BCUT2D eigenvalue weighted by atomic mass is 32.2. The van der Waals surface area contributed by atoms with E-state index in [2.05, 4.69) is 23.1 Å². The number of sulfone groups is 1. The summed E-state index contributed by atoms with van der Waals surface area (Å²) >= 11 is 1.22. The molecule has 5 nitrogen and oxygen atoms in total. The van der Waals surface area contributed by atoms with Crippen LogP contribution < -0.4 is 10.6 Å². The fourth-order valence-electron chi connectivity index (χ4n) is 2.78. The summed E-state index contributed by atoms with van der Waals surface area (Å²) in [4.78, 5) is 2.42. The Balaban J connectivity index is 2.33. The van der Waals surface area contributed by atoms with Crippen molar-refractivity contribution in [2.45, 2.75) is 51.3 Å². The SMILES string of the molecule is CCCS(=O)(=O)c1c(N)nsc1N1CCCC(C)(C)CC1. The third-order valence-electron chi connectivity index (χ3n) is 4.07. The second kappa shape index (κ2) is 6.12. The minimum Gasteiger partial charge on any atom is -0.382 e. The summed E-state index contributed by atoms with van der Waals surface area (Å²) in [6, 6.07) is 0. The van der Waals surface area contributed by atoms with Crippen molar-refractivity contribution in [2.75, 3.05) is 29.5 Å². The molecule has 2 N–H and O–H groups in total. The molecule has 0 spiro atoms. The van der Waals surface area contributed by atoms with E-state index in [-0.39, 0.29) is 16.5 Å². The van der Waals surface area contributed by atoms with Crippen LogP contribution in [-0.4, -0.2) is 31.6 Å². The molecular formula is C14H25N3O2S2. The predicted molar refractivity (Wildman–Crippen MR) is 88.7 cm³/mol. The van der Waals surface area contributed by atoms with Crippen LogP contribution in [0.5, 0.6) is 0 Å². The molecule has 0 unspecified atom stereocenters. The van der Waals surface area contributed by atoms with E-state index in [1.807, 2.05) is 6.92 Å². The summed E-state index contributed by atoms with van der Waals surface area (Å²) in [5.74, 6) is 0.286. The average Bonchev–Trinajstić information content (AvgIpc) is 2.66. The van der Waals surface area contributed by atoms with Gasteiger partial charge < -0.3 is 10.6 Å². The molecule has 1 aliphatic rings. The number of nitrogens with zero attached hydrogens (tertiary/aromatic N) is 2. The first-order valence-electron chi connectivity index (χ1n) is 7.50. The van der Waals surface area contributed by atoms with E-state index in [0.29, 0.717) is 11.8 Å². The fourth-order valence-corrected chi connectivity index (χ4v) is 5.59. The Labute approximate surface area is 131 Å². The van der Waals surface area contributed by atoms with Crippen LogP contribution in [0.15, 0.2) is 4.90 Å². The number of rotatable bonds is 4. The minimum atomic E-state index is -3.34. The van der Waals surface area contributed by atoms with E-state index < -0.39 is 9.84 Å². The van der Waals surface area contributed by atoms with Crippen LogP contribution in [0.25, 0.3) is 0 Å². The summed E-state index contributed by atoms with van der Waals surface area (Å²) in [5, 5.41) is 0.735. The lowest BCUT2D eigenvalue weighted by atomic mass is 9.85. The van der Waals surface area contributed by atoms with Crippen LogP contribution in [0.1, 0.15) is 46.5 Å². The molecule has 0 aromatic carbocycles. The van der Waals surface area contributed by atoms with Gasteiger partial charge in [-0.3, -0.25) is 0 Å². The zero-order valence-corrected chi connectivity index (χ0v) is 14.7. The number of hydrogen-bond donors (Lipinski definition) is 1. The van der Waals surface area contributed by atoms with Crippen LogP contribution in [0.4, 0.5) is 10.8 Å². The lowest BCUT2D eigenvalue weighted by Crippen LogP contribution is -2.26. The van der Waals surface area contributed by atoms with Gasteiger partial charge in [-0.1, -0.05) is 20.8 Å². The Morgan fingerprint density at radius 2 is 2.05 bits per heavy atom. The second-order valence-electron chi connectivity index (χ2n) is 6.53. The topological polar surface area (TPSA) is 76.3 Å². The van der Waals surface area contributed by atoms with E-state index in [4.69, 9.17) is 5.73 Å². The Kier molecular flexibility index (Phi) is 4.82. The average molecular weight is 332 g/mol. The van der Waals surface area contributed by atoms with Gasteiger partial charge >= 0.3 is 0 Å². The maximum atomic E-state index is 12.5. The lowest BCUT2D eigenvalue weighted by molar-refractivity contribution is 0.325. The Bertz CT molecular complexity index is 593. The van der Waals surface area contributed by atoms with Gasteiger partial charge in [0.15, 0.2) is 15.7 Å². The number of nitrogen functional groups attached to an aromatic ring is 1. The normalized spacial score (nSPS) is 19.5. The molecule has 1 saturated heterocycles. The van der Waals surface area contributed by atoms with Crippen molar-refractivity contribution < 1.29 is 8.42 Å². The van der Waals surface area contributed by atoms with Crippen molar-refractivity contribution >= 4 is 32.2 Å². The van der Waals surface area contributed by atoms with Gasteiger partial charge in [-0.2, -0.15) is 4.37 Å². The molecule has 2 heterocycles. The third kappa shape index (κ3) is 3.69. The van der Waals surface area contributed by atoms with Gasteiger partial charge in [-0.05, 0) is 42.6 Å². The van der Waals surface area contributed by atoms with Crippen LogP contribution in [0, 0.1) is 5.41 Å². The number of nitrogens with two attached hydrogens (primary N) is 1. The van der Waals surface area contributed by atoms with Gasteiger partial charge in [-0.25, -0.2) is 8.42 Å². The summed E-state index contributed by atoms with van der Waals surface area (Å²) in [5.41, 5.74) is 6.16. The Morgan fingerprint density at radius 3 is 2.71 bits per heavy atom. The molecule has 0 saturated carbocycles. The standard InChI is InChI=1S/C14H25N3O2S2/c1-4-10-21(18,19)11-12(15)16-20-13(11)17-8-5-6-14(2,3)7-9-17/h4-10H2,1-3H3,(H2,15,16). The van der Waals surface area contributed by atoms with Crippen molar-refractivity contribution in [3.05, 3.63) is 0 Å². The van der Waals surface area contributed by atoms with Crippen molar-refractivity contribution in [2.24, 2.45) is 5.41 Å². The van der Waals surface area contributed by atoms with E-state index in [1.165, 1.54) is 11.5 Å². The molecule has 0 amide bonds. The molecule has 0 radical (unpaired) electrons. The highest BCUT2D eigenvalue weighted by Gasteiger charge is 2.30. The van der Waals surface area contributed by atoms with Crippen LogP contribution in [0.3, 0.4) is 0 Å². The summed E-state index contributed by atoms with van der Waals surface area (Å²) in [6.45, 7) is 8.14. The first-order chi connectivity index (χ1) is 9.77. The smallest absolute Gasteiger partial charge is 0.185 e. The molecule has 1 aromatic rings. The molecule has 1 aromatic heterocycles. The molecular weight excluding hydrogens is 306 g/mol. The van der Waals surface area contributed by atoms with E-state index in [9.17, 15) is 8.42 Å². The third-order valence-corrected chi connectivity index (χ3v) is 7.09. The van der Waals surface area contributed by atoms with Crippen LogP contribution in [-0.2, 0) is 9.84 Å². The summed E-state index contributed by atoms with van der Waals surface area (Å²) < 4.78 is 29.0. The van der Waals surface area contributed by atoms with E-state index in [1.54, 1.807) is 0 Å². The maximum Gasteiger partial charge on any atom is 0.185 e. The number of anilines is 2. The van der Waals surface area contributed by atoms with E-state index in [0.717, 1.165) is 37.4 Å². The van der Waals surface area contributed by atoms with Gasteiger partial charge in [-0.15, -0.1) is 0 Å². The zero-order chi connectivity index (χ0) is 15.7. The van der Waals surface area contributed by atoms with Gasteiger partial charge in [0, 0.05) is 13.1 Å². The molecule has 1 fully saturated rings. The molecule has 21 heavy (non-hydrogen) atoms. The van der Waals surface area contributed by atoms with Gasteiger partial charge in [0.2, 0.25) is 0 Å². The fraction of sp³-hybridized carbons (Fsp3) is 0.786. The Morgan fingerprint density at radius 1 is 1.33 bits per heavy atom. The number of hydrogen-bond acceptors (Lipinski definition) is 6. The largest absolute Gasteiger partial charge is 0.382 e. The summed E-state index contributed by atoms with van der Waals surface area (Å²) in [6.07, 6.45) is 3.87. The lowest BCUT2D eigenvalue weighted by Gasteiger charge is -2.24. The maximum absolute atomic E-state index is 12.5. The first kappa shape index (κ1) is 16.5. The highest BCUT2D eigenvalue weighted by Crippen LogP contribution is 2.39. The zero-order valence-electron chi connectivity index (χ0n) is 13.1. The number of aromatic nitrogens is 1. The van der Waals surface area contributed by atoms with Gasteiger partial charge in [0.05, 0.1) is 5.75 Å². The van der Waals surface area contributed by atoms with Crippen molar-refractivity contribution in [3.8, 4) is 0 Å². The molecule has 7 heteroatoms.